The molecule has 1 aromatic heterocycles. The van der Waals surface area contributed by atoms with Gasteiger partial charge in [0, 0.05) is 30.5 Å². The number of halogens is 2. The van der Waals surface area contributed by atoms with Gasteiger partial charge >= 0.3 is 0 Å². The Hall–Kier alpha value is -1.26. The first-order chi connectivity index (χ1) is 13.7. The summed E-state index contributed by atoms with van der Waals surface area (Å²) in [4.78, 5) is 12.5. The number of hydrogen-bond acceptors (Lipinski definition) is 5. The molecule has 1 heterocycles. The topological polar surface area (TPSA) is 93.1 Å². The Morgan fingerprint density at radius 3 is 2.76 bits per heavy atom. The van der Waals surface area contributed by atoms with Gasteiger partial charge in [0.1, 0.15) is 10.9 Å². The third-order valence-corrected chi connectivity index (χ3v) is 6.92. The second-order valence-corrected chi connectivity index (χ2v) is 10.1. The number of amides is 1. The van der Waals surface area contributed by atoms with Crippen LogP contribution in [-0.2, 0) is 21.4 Å². The average molecular weight is 479 g/mol. The fourth-order valence-corrected chi connectivity index (χ4v) is 5.07. The molecule has 0 aliphatic rings. The van der Waals surface area contributed by atoms with Crippen LogP contribution in [0.2, 0.25) is 10.0 Å². The minimum atomic E-state index is -4.02. The summed E-state index contributed by atoms with van der Waals surface area (Å²) in [6.45, 7) is 3.02. The van der Waals surface area contributed by atoms with Gasteiger partial charge in [-0.15, -0.1) is 0 Å². The molecule has 11 heteroatoms. The second-order valence-electron chi connectivity index (χ2n) is 6.61. The minimum absolute atomic E-state index is 0.0405. The van der Waals surface area contributed by atoms with E-state index < -0.39 is 16.1 Å². The number of hydrogen-bond donors (Lipinski definition) is 2. The van der Waals surface area contributed by atoms with Crippen molar-refractivity contribution in [1.82, 2.24) is 19.8 Å². The van der Waals surface area contributed by atoms with Crippen molar-refractivity contribution >= 4 is 50.9 Å². The number of carbonyl (C=O) groups excluding carboxylic acids is 1. The van der Waals surface area contributed by atoms with Crippen molar-refractivity contribution in [2.24, 2.45) is 5.92 Å². The lowest BCUT2D eigenvalue weighted by Gasteiger charge is -2.20. The van der Waals surface area contributed by atoms with E-state index in [0.29, 0.717) is 25.3 Å². The number of sulfonamides is 1. The van der Waals surface area contributed by atoms with Crippen LogP contribution in [0.25, 0.3) is 0 Å². The molecule has 2 aromatic rings. The van der Waals surface area contributed by atoms with Gasteiger partial charge in [0.2, 0.25) is 15.9 Å². The average Bonchev–Trinajstić information content (AvgIpc) is 3.17. The number of rotatable bonds is 11. The molecular formula is C18H24Cl2N4O3S2. The van der Waals surface area contributed by atoms with Crippen LogP contribution in [0, 0.1) is 5.92 Å². The van der Waals surface area contributed by atoms with E-state index in [0.717, 1.165) is 0 Å². The van der Waals surface area contributed by atoms with Crippen molar-refractivity contribution in [3.8, 4) is 0 Å². The van der Waals surface area contributed by atoms with E-state index in [4.69, 9.17) is 23.2 Å². The third-order valence-electron chi connectivity index (χ3n) is 4.09. The van der Waals surface area contributed by atoms with Gasteiger partial charge in [-0.1, -0.05) is 30.1 Å². The lowest BCUT2D eigenvalue weighted by Crippen LogP contribution is -2.48. The first-order valence-corrected chi connectivity index (χ1v) is 12.6. The molecule has 160 valence electrons. The van der Waals surface area contributed by atoms with E-state index in [-0.39, 0.29) is 26.8 Å². The minimum Gasteiger partial charge on any atom is -0.354 e. The molecule has 7 nitrogen and oxygen atoms in total. The van der Waals surface area contributed by atoms with Crippen LogP contribution in [0.5, 0.6) is 0 Å². The molecule has 0 aliphatic heterocycles. The Morgan fingerprint density at radius 1 is 1.34 bits per heavy atom. The van der Waals surface area contributed by atoms with Crippen molar-refractivity contribution < 1.29 is 13.2 Å². The van der Waals surface area contributed by atoms with Crippen LogP contribution in [-0.4, -0.2) is 48.7 Å². The first kappa shape index (κ1) is 24.0. The van der Waals surface area contributed by atoms with Crippen molar-refractivity contribution in [2.45, 2.75) is 30.8 Å². The maximum atomic E-state index is 12.8. The molecule has 0 spiro atoms. The Bertz CT molecular complexity index is 908. The summed E-state index contributed by atoms with van der Waals surface area (Å²) in [7, 11) is -4.02. The monoisotopic (exact) mass is 478 g/mol. The summed E-state index contributed by atoms with van der Waals surface area (Å²) in [5, 5.41) is 7.25. The van der Waals surface area contributed by atoms with Crippen LogP contribution in [0.15, 0.2) is 41.6 Å². The zero-order chi connectivity index (χ0) is 21.4. The fraction of sp³-hybridized carbons (Fsp3) is 0.444. The Balaban J connectivity index is 2.05. The zero-order valence-corrected chi connectivity index (χ0v) is 19.3. The van der Waals surface area contributed by atoms with E-state index in [9.17, 15) is 13.2 Å². The summed E-state index contributed by atoms with van der Waals surface area (Å²) >= 11 is 13.5. The van der Waals surface area contributed by atoms with E-state index in [1.807, 2.05) is 25.4 Å². The molecule has 1 amide bonds. The SMILES string of the molecule is CSCCC(NS(=O)(=O)c1cc(Cl)ccc1Cl)C(=O)NCC(C)Cn1cccn1. The predicted molar refractivity (Wildman–Crippen MR) is 118 cm³/mol. The van der Waals surface area contributed by atoms with Gasteiger partial charge < -0.3 is 5.32 Å². The number of thioether (sulfide) groups is 1. The van der Waals surface area contributed by atoms with Gasteiger partial charge in [-0.05, 0) is 48.6 Å². The van der Waals surface area contributed by atoms with Crippen LogP contribution >= 0.6 is 35.0 Å². The maximum absolute atomic E-state index is 12.8. The van der Waals surface area contributed by atoms with Gasteiger partial charge in [-0.25, -0.2) is 8.42 Å². The normalized spacial score (nSPS) is 13.8. The van der Waals surface area contributed by atoms with E-state index in [2.05, 4.69) is 15.1 Å². The number of nitrogens with zero attached hydrogens (tertiary/aromatic N) is 2. The van der Waals surface area contributed by atoms with E-state index in [1.54, 1.807) is 10.9 Å². The number of nitrogens with one attached hydrogen (secondary N) is 2. The van der Waals surface area contributed by atoms with Gasteiger partial charge in [-0.3, -0.25) is 9.48 Å². The summed E-state index contributed by atoms with van der Waals surface area (Å²) < 4.78 is 29.8. The predicted octanol–water partition coefficient (Wildman–Crippen LogP) is 3.04. The molecule has 2 unspecified atom stereocenters. The fourth-order valence-electron chi connectivity index (χ4n) is 2.60. The zero-order valence-electron chi connectivity index (χ0n) is 16.1. The molecule has 0 saturated heterocycles. The number of aromatic nitrogens is 2. The molecule has 2 rings (SSSR count). The third kappa shape index (κ3) is 7.49. The molecule has 0 bridgehead atoms. The van der Waals surface area contributed by atoms with Crippen molar-refractivity contribution in [2.75, 3.05) is 18.6 Å². The highest BCUT2D eigenvalue weighted by Gasteiger charge is 2.27. The number of benzene rings is 1. The maximum Gasteiger partial charge on any atom is 0.242 e. The molecule has 2 N–H and O–H groups in total. The van der Waals surface area contributed by atoms with Crippen LogP contribution < -0.4 is 10.0 Å². The smallest absolute Gasteiger partial charge is 0.242 e. The Kier molecular flexibility index (Phi) is 9.29. The summed E-state index contributed by atoms with van der Waals surface area (Å²) in [6.07, 6.45) is 5.78. The quantitative estimate of drug-likeness (QED) is 0.517. The lowest BCUT2D eigenvalue weighted by molar-refractivity contribution is -0.122. The van der Waals surface area contributed by atoms with Crippen LogP contribution in [0.3, 0.4) is 0 Å². The van der Waals surface area contributed by atoms with Gasteiger partial charge in [0.15, 0.2) is 0 Å². The molecule has 0 radical (unpaired) electrons. The van der Waals surface area contributed by atoms with Crippen LogP contribution in [0.1, 0.15) is 13.3 Å². The molecule has 0 aliphatic carbocycles. The summed E-state index contributed by atoms with van der Waals surface area (Å²) in [6, 6.07) is 5.09. The highest BCUT2D eigenvalue weighted by Crippen LogP contribution is 2.25. The Labute approximate surface area is 185 Å². The van der Waals surface area contributed by atoms with E-state index in [1.165, 1.54) is 30.0 Å². The second kappa shape index (κ2) is 11.2. The molecule has 29 heavy (non-hydrogen) atoms. The highest BCUT2D eigenvalue weighted by atomic mass is 35.5. The number of carbonyl (C=O) groups is 1. The van der Waals surface area contributed by atoms with Crippen molar-refractivity contribution in [3.63, 3.8) is 0 Å². The first-order valence-electron chi connectivity index (χ1n) is 8.94. The van der Waals surface area contributed by atoms with Gasteiger partial charge in [0.05, 0.1) is 5.02 Å². The standard InChI is InChI=1S/C18H24Cl2N4O3S2/c1-13(12-24-8-3-7-22-24)11-21-18(25)16(6-9-28-2)23-29(26,27)17-10-14(19)4-5-15(17)20/h3-5,7-8,10,13,16,23H,6,9,11-12H2,1-2H3,(H,21,25). The van der Waals surface area contributed by atoms with Crippen molar-refractivity contribution in [1.29, 1.82) is 0 Å². The largest absolute Gasteiger partial charge is 0.354 e. The Morgan fingerprint density at radius 2 is 2.10 bits per heavy atom. The molecule has 0 fully saturated rings. The molecule has 0 saturated carbocycles. The summed E-state index contributed by atoms with van der Waals surface area (Å²) in [5.74, 6) is 0.360. The van der Waals surface area contributed by atoms with E-state index >= 15 is 0 Å². The van der Waals surface area contributed by atoms with Crippen molar-refractivity contribution in [3.05, 3.63) is 46.7 Å². The lowest BCUT2D eigenvalue weighted by atomic mass is 10.1. The van der Waals surface area contributed by atoms with Gasteiger partial charge in [0.25, 0.3) is 0 Å². The van der Waals surface area contributed by atoms with Gasteiger partial charge in [-0.2, -0.15) is 21.6 Å². The van der Waals surface area contributed by atoms with Crippen LogP contribution in [0.4, 0.5) is 0 Å². The molecular weight excluding hydrogens is 455 g/mol. The molecule has 2 atom stereocenters. The highest BCUT2D eigenvalue weighted by molar-refractivity contribution is 7.98. The molecule has 1 aromatic carbocycles. The summed E-state index contributed by atoms with van der Waals surface area (Å²) in [5.41, 5.74) is 0.